The Kier molecular flexibility index (Phi) is 5.65. The molecule has 0 radical (unpaired) electrons. The summed E-state index contributed by atoms with van der Waals surface area (Å²) in [5, 5.41) is 34.5. The van der Waals surface area contributed by atoms with Gasteiger partial charge in [0, 0.05) is 5.41 Å². The molecule has 0 aliphatic heterocycles. The second-order valence-corrected chi connectivity index (χ2v) is 14.3. The molecule has 0 bridgehead atoms. The minimum absolute atomic E-state index is 0.0273. The number of carbonyl (C=O) groups is 1. The minimum atomic E-state index is -0.578. The zero-order valence-corrected chi connectivity index (χ0v) is 22.6. The molecule has 3 N–H and O–H groups in total. The normalized spacial score (nSPS) is 54.3. The van der Waals surface area contributed by atoms with Gasteiger partial charge in [0.15, 0.2) is 0 Å². The molecule has 5 nitrogen and oxygen atoms in total. The minimum Gasteiger partial charge on any atom is -0.481 e. The lowest BCUT2D eigenvalue weighted by molar-refractivity contribution is -0.232. The van der Waals surface area contributed by atoms with Crippen LogP contribution in [-0.2, 0) is 4.79 Å². The van der Waals surface area contributed by atoms with Gasteiger partial charge < -0.3 is 15.4 Å². The second kappa shape index (κ2) is 7.82. The van der Waals surface area contributed by atoms with E-state index in [1.807, 2.05) is 0 Å². The molecule has 0 amide bonds. The number of carboxylic acids is 1. The van der Waals surface area contributed by atoms with Gasteiger partial charge >= 0.3 is 5.97 Å². The second-order valence-electron chi connectivity index (χ2n) is 14.3. The lowest BCUT2D eigenvalue weighted by Gasteiger charge is -2.72. The molecule has 0 saturated heterocycles. The Balaban J connectivity index is 1.57. The quantitative estimate of drug-likeness (QED) is 0.241. The molecule has 0 aromatic carbocycles. The summed E-state index contributed by atoms with van der Waals surface area (Å²) in [7, 11) is 0. The van der Waals surface area contributed by atoms with Crippen LogP contribution < -0.4 is 0 Å². The van der Waals surface area contributed by atoms with Gasteiger partial charge in [-0.05, 0) is 117 Å². The summed E-state index contributed by atoms with van der Waals surface area (Å²) in [5.74, 6) is 1.19. The van der Waals surface area contributed by atoms with Crippen molar-refractivity contribution >= 4 is 11.7 Å². The molecular weight excluding hydrogens is 438 g/mol. The summed E-state index contributed by atoms with van der Waals surface area (Å²) in [4.78, 5) is 12.8. The highest BCUT2D eigenvalue weighted by Gasteiger charge is 2.72. The molecule has 5 saturated carbocycles. The monoisotopic (exact) mass is 485 g/mol. The van der Waals surface area contributed by atoms with Gasteiger partial charge in [-0.2, -0.15) is 0 Å². The van der Waals surface area contributed by atoms with E-state index >= 15 is 0 Å². The fourth-order valence-corrected chi connectivity index (χ4v) is 11.5. The molecule has 196 valence electrons. The highest BCUT2D eigenvalue weighted by molar-refractivity contribution is 5.91. The first-order chi connectivity index (χ1) is 16.4. The van der Waals surface area contributed by atoms with Crippen LogP contribution in [0.5, 0.6) is 0 Å². The summed E-state index contributed by atoms with van der Waals surface area (Å²) in [6.07, 6.45) is 9.67. The first-order valence-corrected chi connectivity index (χ1v) is 14.1. The van der Waals surface area contributed by atoms with Crippen LogP contribution in [0.15, 0.2) is 17.3 Å². The van der Waals surface area contributed by atoms with Crippen molar-refractivity contribution < 1.29 is 20.2 Å². The van der Waals surface area contributed by atoms with Crippen molar-refractivity contribution in [3.63, 3.8) is 0 Å². The van der Waals surface area contributed by atoms with Crippen molar-refractivity contribution in [1.82, 2.24) is 0 Å². The molecule has 5 heteroatoms. The molecule has 0 spiro atoms. The van der Waals surface area contributed by atoms with Crippen LogP contribution in [0.3, 0.4) is 0 Å². The van der Waals surface area contributed by atoms with Crippen LogP contribution in [0.2, 0.25) is 0 Å². The largest absolute Gasteiger partial charge is 0.481 e. The first-order valence-electron chi connectivity index (χ1n) is 14.1. The van der Waals surface area contributed by atoms with Gasteiger partial charge in [0.1, 0.15) is 0 Å². The number of rotatable bonds is 3. The molecule has 0 aromatic heterocycles. The number of allylic oxidation sites excluding steroid dienone is 1. The average Bonchev–Trinajstić information content (AvgIpc) is 3.21. The van der Waals surface area contributed by atoms with Gasteiger partial charge in [0.05, 0.1) is 17.7 Å². The Bertz CT molecular complexity index is 960. The molecule has 1 unspecified atom stereocenters. The smallest absolute Gasteiger partial charge is 0.309 e. The van der Waals surface area contributed by atoms with Crippen molar-refractivity contribution in [3.8, 4) is 0 Å². The molecule has 5 aliphatic carbocycles. The highest BCUT2D eigenvalue weighted by atomic mass is 16.4. The highest BCUT2D eigenvalue weighted by Crippen LogP contribution is 2.77. The lowest BCUT2D eigenvalue weighted by atomic mass is 9.32. The number of fused-ring (bicyclic) bond motifs is 7. The van der Waals surface area contributed by atoms with Gasteiger partial charge in [0.25, 0.3) is 0 Å². The maximum absolute atomic E-state index is 12.8. The molecule has 35 heavy (non-hydrogen) atoms. The molecule has 5 rings (SSSR count). The Morgan fingerprint density at radius 3 is 2.29 bits per heavy atom. The van der Waals surface area contributed by atoms with E-state index in [9.17, 15) is 20.2 Å². The number of oxime groups is 1. The predicted molar refractivity (Wildman–Crippen MR) is 137 cm³/mol. The van der Waals surface area contributed by atoms with Gasteiger partial charge in [-0.15, -0.1) is 0 Å². The van der Waals surface area contributed by atoms with E-state index in [-0.39, 0.29) is 28.8 Å². The number of aliphatic hydroxyl groups is 1. The van der Waals surface area contributed by atoms with E-state index in [1.165, 1.54) is 5.57 Å². The topological polar surface area (TPSA) is 90.1 Å². The summed E-state index contributed by atoms with van der Waals surface area (Å²) in [5.41, 5.74) is 1.22. The van der Waals surface area contributed by atoms with Crippen LogP contribution in [0.1, 0.15) is 98.8 Å². The molecule has 5 aliphatic rings. The average molecular weight is 486 g/mol. The van der Waals surface area contributed by atoms with Gasteiger partial charge in [0.2, 0.25) is 0 Å². The van der Waals surface area contributed by atoms with E-state index in [0.717, 1.165) is 69.9 Å². The third kappa shape index (κ3) is 2.91. The zero-order valence-electron chi connectivity index (χ0n) is 22.6. The van der Waals surface area contributed by atoms with Gasteiger partial charge in [-0.3, -0.25) is 4.79 Å². The first kappa shape index (κ1) is 25.3. The maximum atomic E-state index is 12.8. The van der Waals surface area contributed by atoms with Crippen molar-refractivity contribution in [1.29, 1.82) is 0 Å². The summed E-state index contributed by atoms with van der Waals surface area (Å²) < 4.78 is 0. The Labute approximate surface area is 211 Å². The van der Waals surface area contributed by atoms with E-state index in [1.54, 1.807) is 0 Å². The van der Waals surface area contributed by atoms with E-state index < -0.39 is 16.8 Å². The molecular formula is C30H47NO4. The zero-order chi connectivity index (χ0) is 25.6. The van der Waals surface area contributed by atoms with Gasteiger partial charge in [-0.25, -0.2) is 0 Å². The molecule has 0 heterocycles. The number of nitrogens with zero attached hydrogens (tertiary/aromatic N) is 1. The van der Waals surface area contributed by atoms with Crippen LogP contribution in [0.4, 0.5) is 0 Å². The summed E-state index contributed by atoms with van der Waals surface area (Å²) in [6.45, 7) is 16.1. The summed E-state index contributed by atoms with van der Waals surface area (Å²) >= 11 is 0. The van der Waals surface area contributed by atoms with Crippen molar-refractivity contribution in [2.24, 2.45) is 61.8 Å². The SMILES string of the molecule is C=C(C)[C@@H]1CC[C@]2(C(=O)O)CC[C@]3(C)C(CC[C@@H]4[C@@]5(C)CC/C(=N\O)[C@@](C)(CO)[C@@H]5CC[C@]43C)[C@@H]12. The van der Waals surface area contributed by atoms with Crippen LogP contribution >= 0.6 is 0 Å². The Morgan fingerprint density at radius 1 is 0.971 bits per heavy atom. The van der Waals surface area contributed by atoms with Crippen molar-refractivity contribution in [3.05, 3.63) is 12.2 Å². The van der Waals surface area contributed by atoms with Crippen molar-refractivity contribution in [2.45, 2.75) is 98.8 Å². The third-order valence-corrected chi connectivity index (χ3v) is 13.5. The lowest BCUT2D eigenvalue weighted by Crippen LogP contribution is -2.67. The summed E-state index contributed by atoms with van der Waals surface area (Å²) in [6, 6.07) is 0. The number of hydrogen-bond donors (Lipinski definition) is 3. The van der Waals surface area contributed by atoms with E-state index in [2.05, 4.69) is 46.4 Å². The number of aliphatic hydroxyl groups excluding tert-OH is 1. The van der Waals surface area contributed by atoms with Crippen molar-refractivity contribution in [2.75, 3.05) is 6.61 Å². The van der Waals surface area contributed by atoms with Crippen LogP contribution in [0, 0.1) is 56.7 Å². The van der Waals surface area contributed by atoms with E-state index in [4.69, 9.17) is 0 Å². The fraction of sp³-hybridized carbons (Fsp3) is 0.867. The van der Waals surface area contributed by atoms with Crippen LogP contribution in [-0.4, -0.2) is 33.7 Å². The maximum Gasteiger partial charge on any atom is 0.309 e. The van der Waals surface area contributed by atoms with E-state index in [0.29, 0.717) is 23.7 Å². The van der Waals surface area contributed by atoms with Crippen LogP contribution in [0.25, 0.3) is 0 Å². The predicted octanol–water partition coefficient (Wildman–Crippen LogP) is 6.53. The standard InChI is InChI=1S/C30H47NO4/c1-18(2)19-9-14-30(25(33)34)16-15-28(5)20(24(19)30)7-8-22-26(3)12-11-23(31-35)27(4,17-32)21(26)10-13-29(22,28)6/h19-22,24,32,35H,1,7-17H2,2-6H3,(H,33,34)/b31-23+/t19-,20?,21+,22+,24+,26-,27-,28+,29+,30-/m0/s1. The third-order valence-electron chi connectivity index (χ3n) is 13.5. The number of hydrogen-bond acceptors (Lipinski definition) is 4. The molecule has 0 aromatic rings. The van der Waals surface area contributed by atoms with Gasteiger partial charge in [-0.1, -0.05) is 45.0 Å². The molecule has 5 fully saturated rings. The number of aliphatic carboxylic acids is 1. The Morgan fingerprint density at radius 2 is 1.69 bits per heavy atom. The fourth-order valence-electron chi connectivity index (χ4n) is 11.5. The number of carboxylic acid groups (broad SMARTS) is 1. The Hall–Kier alpha value is -1.36. The molecule has 10 atom stereocenters.